The molecule has 3 aliphatic rings. The zero-order valence-electron chi connectivity index (χ0n) is 26.6. The highest BCUT2D eigenvalue weighted by Crippen LogP contribution is 2.48. The summed E-state index contributed by atoms with van der Waals surface area (Å²) in [5.41, 5.74) is 2.75. The Balaban J connectivity index is 1.58. The van der Waals surface area contributed by atoms with Crippen molar-refractivity contribution in [2.24, 2.45) is 17.8 Å². The van der Waals surface area contributed by atoms with Crippen molar-refractivity contribution in [3.8, 4) is 5.75 Å². The van der Waals surface area contributed by atoms with Gasteiger partial charge in [-0.1, -0.05) is 36.7 Å². The van der Waals surface area contributed by atoms with Gasteiger partial charge in [0.25, 0.3) is 5.91 Å². The van der Waals surface area contributed by atoms with Crippen LogP contribution in [0.25, 0.3) is 0 Å². The second-order valence-corrected chi connectivity index (χ2v) is 15.5. The number of carbonyl (C=O) groups excluding carboxylic acids is 1. The minimum atomic E-state index is -3.95. The van der Waals surface area contributed by atoms with Crippen molar-refractivity contribution in [3.05, 3.63) is 70.3 Å². The maximum absolute atomic E-state index is 13.4. The molecule has 1 fully saturated rings. The van der Waals surface area contributed by atoms with Gasteiger partial charge in [-0.25, -0.2) is 13.1 Å². The molecular formula is C35H47ClN2O6S. The Labute approximate surface area is 273 Å². The van der Waals surface area contributed by atoms with Gasteiger partial charge in [0, 0.05) is 37.4 Å². The number of halogens is 1. The van der Waals surface area contributed by atoms with Crippen LogP contribution in [-0.2, 0) is 27.8 Å². The zero-order valence-corrected chi connectivity index (χ0v) is 28.2. The molecule has 5 rings (SSSR count). The molecule has 2 aromatic rings. The van der Waals surface area contributed by atoms with E-state index in [1.165, 1.54) is 5.56 Å². The van der Waals surface area contributed by atoms with Crippen molar-refractivity contribution in [1.82, 2.24) is 4.72 Å². The van der Waals surface area contributed by atoms with Crippen LogP contribution in [0.3, 0.4) is 0 Å². The van der Waals surface area contributed by atoms with Gasteiger partial charge in [-0.15, -0.1) is 0 Å². The first-order chi connectivity index (χ1) is 21.6. The van der Waals surface area contributed by atoms with E-state index in [-0.39, 0.29) is 24.0 Å². The summed E-state index contributed by atoms with van der Waals surface area (Å²) >= 11 is 6.34. The average molecular weight is 659 g/mol. The lowest BCUT2D eigenvalue weighted by Crippen LogP contribution is -2.51. The molecule has 2 heterocycles. The number of allylic oxidation sites excluding steroid dienone is 1. The van der Waals surface area contributed by atoms with E-state index in [1.54, 1.807) is 32.2 Å². The highest BCUT2D eigenvalue weighted by molar-refractivity contribution is 7.90. The predicted molar refractivity (Wildman–Crippen MR) is 178 cm³/mol. The molecule has 1 aliphatic carbocycles. The number of nitrogens with one attached hydrogen (secondary N) is 1. The summed E-state index contributed by atoms with van der Waals surface area (Å²) in [6.07, 6.45) is 10.8. The molecule has 1 saturated carbocycles. The van der Waals surface area contributed by atoms with Gasteiger partial charge in [0.15, 0.2) is 0 Å². The fourth-order valence-electron chi connectivity index (χ4n) is 7.12. The molecule has 45 heavy (non-hydrogen) atoms. The molecule has 8 nitrogen and oxygen atoms in total. The summed E-state index contributed by atoms with van der Waals surface area (Å²) in [6.45, 7) is 5.46. The normalized spacial score (nSPS) is 29.5. The van der Waals surface area contributed by atoms with Gasteiger partial charge in [-0.3, -0.25) is 4.79 Å². The summed E-state index contributed by atoms with van der Waals surface area (Å²) in [5, 5.41) is 9.68. The van der Waals surface area contributed by atoms with E-state index in [9.17, 15) is 18.3 Å². The average Bonchev–Trinajstić information content (AvgIpc) is 3.03. The van der Waals surface area contributed by atoms with Crippen LogP contribution in [0.15, 0.2) is 48.6 Å². The monoisotopic (exact) mass is 658 g/mol. The Morgan fingerprint density at radius 3 is 2.69 bits per heavy atom. The SMILES string of the molecule is CO[C@]1(CCCO)/C=C/C[C@H](C)[C@@H](C)S(=O)(=O)NC(=O)c2ccc3c(c2)N(CCCCc2cc(Cl)ccc2CO3)C[C@@H]2CC[C@H]21. The molecule has 2 bridgehead atoms. The van der Waals surface area contributed by atoms with Gasteiger partial charge in [-0.05, 0) is 118 Å². The lowest BCUT2D eigenvalue weighted by atomic mass is 9.63. The maximum atomic E-state index is 13.4. The number of aliphatic hydroxyl groups excluding tert-OH is 1. The standard InChI is InChI=1S/C35H47ClN2O6S/c1-24-8-6-16-35(43-3,17-7-19-39)31-14-11-28(31)22-38-18-5-4-9-26-20-30(36)13-10-29(26)23-44-33-15-12-27(21-32(33)38)34(40)37-45(41,42)25(24)2/h6,10,12-13,15-16,20-21,24-25,28,31,39H,4-5,7-9,11,14,17-19,22-23H2,1-3H3,(H,37,40)/b16-6+/t24-,25+,28-,31+,35-/m0/s1. The number of hydrogen-bond acceptors (Lipinski definition) is 7. The van der Waals surface area contributed by atoms with Gasteiger partial charge in [0.05, 0.1) is 16.5 Å². The molecule has 246 valence electrons. The first-order valence-electron chi connectivity index (χ1n) is 16.3. The highest BCUT2D eigenvalue weighted by Gasteiger charge is 2.47. The van der Waals surface area contributed by atoms with E-state index in [2.05, 4.69) is 15.7 Å². The first-order valence-corrected chi connectivity index (χ1v) is 18.2. The number of nitrogens with zero attached hydrogens (tertiary/aromatic N) is 1. The number of amides is 1. The quantitative estimate of drug-likeness (QED) is 0.372. The largest absolute Gasteiger partial charge is 0.487 e. The summed E-state index contributed by atoms with van der Waals surface area (Å²) in [5.74, 6) is 0.324. The smallest absolute Gasteiger partial charge is 0.264 e. The number of benzene rings is 2. The van der Waals surface area contributed by atoms with E-state index in [4.69, 9.17) is 21.1 Å². The number of rotatable bonds is 4. The molecule has 5 atom stereocenters. The summed E-state index contributed by atoms with van der Waals surface area (Å²) in [4.78, 5) is 15.7. The lowest BCUT2D eigenvalue weighted by molar-refractivity contribution is -0.0823. The van der Waals surface area contributed by atoms with E-state index < -0.39 is 26.8 Å². The van der Waals surface area contributed by atoms with Crippen LogP contribution in [0.2, 0.25) is 5.02 Å². The van der Waals surface area contributed by atoms with Crippen molar-refractivity contribution >= 4 is 33.2 Å². The van der Waals surface area contributed by atoms with E-state index in [0.29, 0.717) is 42.6 Å². The molecule has 0 saturated heterocycles. The van der Waals surface area contributed by atoms with Crippen molar-refractivity contribution in [2.45, 2.75) is 82.7 Å². The Kier molecular flexibility index (Phi) is 10.8. The molecule has 0 spiro atoms. The number of fused-ring (bicyclic) bond motifs is 3. The minimum absolute atomic E-state index is 0.0783. The molecule has 1 amide bonds. The van der Waals surface area contributed by atoms with Gasteiger partial charge in [0.2, 0.25) is 10.0 Å². The lowest BCUT2D eigenvalue weighted by Gasteiger charge is -2.50. The van der Waals surface area contributed by atoms with E-state index in [1.807, 2.05) is 31.2 Å². The number of aliphatic hydroxyl groups is 1. The highest BCUT2D eigenvalue weighted by atomic mass is 35.5. The van der Waals surface area contributed by atoms with Crippen LogP contribution in [-0.4, -0.2) is 57.1 Å². The van der Waals surface area contributed by atoms with Crippen molar-refractivity contribution in [3.63, 3.8) is 0 Å². The minimum Gasteiger partial charge on any atom is -0.487 e. The third-order valence-electron chi connectivity index (χ3n) is 10.3. The van der Waals surface area contributed by atoms with Crippen LogP contribution < -0.4 is 14.4 Å². The molecule has 0 radical (unpaired) electrons. The Morgan fingerprint density at radius 2 is 1.96 bits per heavy atom. The van der Waals surface area contributed by atoms with Crippen LogP contribution in [0, 0.1) is 17.8 Å². The number of sulfonamides is 1. The third-order valence-corrected chi connectivity index (χ3v) is 12.4. The fourth-order valence-corrected chi connectivity index (χ4v) is 8.60. The summed E-state index contributed by atoms with van der Waals surface area (Å²) in [6, 6.07) is 11.1. The zero-order chi connectivity index (χ0) is 32.2. The first kappa shape index (κ1) is 33.8. The Hall–Kier alpha value is -2.59. The number of methoxy groups -OCH3 is 1. The second kappa shape index (κ2) is 14.4. The molecular weight excluding hydrogens is 612 g/mol. The Bertz CT molecular complexity index is 1500. The summed E-state index contributed by atoms with van der Waals surface area (Å²) < 4.78 is 41.8. The number of carbonyl (C=O) groups is 1. The summed E-state index contributed by atoms with van der Waals surface area (Å²) in [7, 11) is -2.20. The third kappa shape index (κ3) is 7.53. The number of aryl methyl sites for hydroxylation is 1. The Morgan fingerprint density at radius 1 is 1.13 bits per heavy atom. The number of hydrogen-bond donors (Lipinski definition) is 2. The van der Waals surface area contributed by atoms with Gasteiger partial charge < -0.3 is 19.5 Å². The van der Waals surface area contributed by atoms with Crippen LogP contribution in [0.4, 0.5) is 5.69 Å². The molecule has 2 aromatic carbocycles. The van der Waals surface area contributed by atoms with E-state index >= 15 is 0 Å². The number of ether oxygens (including phenoxy) is 2. The van der Waals surface area contributed by atoms with Crippen LogP contribution in [0.1, 0.15) is 80.3 Å². The topological polar surface area (TPSA) is 105 Å². The van der Waals surface area contributed by atoms with Crippen LogP contribution in [0.5, 0.6) is 5.75 Å². The van der Waals surface area contributed by atoms with Gasteiger partial charge in [-0.2, -0.15) is 0 Å². The van der Waals surface area contributed by atoms with Crippen molar-refractivity contribution in [1.29, 1.82) is 0 Å². The molecule has 2 N–H and O–H groups in total. The van der Waals surface area contributed by atoms with Crippen molar-refractivity contribution < 1.29 is 27.8 Å². The molecule has 10 heteroatoms. The van der Waals surface area contributed by atoms with Crippen LogP contribution >= 0.6 is 11.6 Å². The second-order valence-electron chi connectivity index (χ2n) is 13.0. The number of anilines is 1. The molecule has 0 unspecified atom stereocenters. The van der Waals surface area contributed by atoms with Gasteiger partial charge in [0.1, 0.15) is 12.4 Å². The maximum Gasteiger partial charge on any atom is 0.264 e. The van der Waals surface area contributed by atoms with E-state index in [0.717, 1.165) is 56.4 Å². The van der Waals surface area contributed by atoms with Crippen molar-refractivity contribution in [2.75, 3.05) is 31.7 Å². The van der Waals surface area contributed by atoms with Gasteiger partial charge >= 0.3 is 0 Å². The molecule has 2 aliphatic heterocycles. The predicted octanol–water partition coefficient (Wildman–Crippen LogP) is 6.29. The molecule has 0 aromatic heterocycles. The fraction of sp³-hybridized carbons (Fsp3) is 0.571.